The quantitative estimate of drug-likeness (QED) is 0.787. The molecule has 6 heteroatoms. The van der Waals surface area contributed by atoms with Crippen molar-refractivity contribution in [3.05, 3.63) is 19.8 Å². The van der Waals surface area contributed by atoms with Gasteiger partial charge in [-0.2, -0.15) is 0 Å². The summed E-state index contributed by atoms with van der Waals surface area (Å²) in [5.74, 6) is -1.25. The zero-order chi connectivity index (χ0) is 9.30. The predicted molar refractivity (Wildman–Crippen MR) is 46.7 cm³/mol. The lowest BCUT2D eigenvalue weighted by Crippen LogP contribution is -1.98. The molecule has 1 rings (SSSR count). The maximum Gasteiger partial charge on any atom is 0.338 e. The second-order valence-corrected chi connectivity index (χ2v) is 4.09. The predicted octanol–water partition coefficient (Wildman–Crippen LogP) is 2.57. The number of carboxylic acid groups (broad SMARTS) is 1. The van der Waals surface area contributed by atoms with Crippen molar-refractivity contribution in [3.63, 3.8) is 0 Å². The number of rotatable bonds is 2. The Morgan fingerprint density at radius 3 is 2.33 bits per heavy atom. The summed E-state index contributed by atoms with van der Waals surface area (Å²) in [6, 6.07) is 0. The van der Waals surface area contributed by atoms with Crippen LogP contribution in [-0.2, 0) is 0 Å². The van der Waals surface area contributed by atoms with Crippen molar-refractivity contribution < 1.29 is 14.7 Å². The number of aromatic carboxylic acids is 1. The van der Waals surface area contributed by atoms with E-state index in [0.29, 0.717) is 6.29 Å². The second kappa shape index (κ2) is 3.43. The maximum absolute atomic E-state index is 10.5. The summed E-state index contributed by atoms with van der Waals surface area (Å²) in [5, 5.41) is 8.60. The molecule has 0 saturated carbocycles. The molecular formula is C6H2Cl2O3S. The largest absolute Gasteiger partial charge is 0.478 e. The number of hydrogen-bond donors (Lipinski definition) is 1. The van der Waals surface area contributed by atoms with Crippen LogP contribution in [-0.4, -0.2) is 17.4 Å². The van der Waals surface area contributed by atoms with E-state index in [1.807, 2.05) is 0 Å². The van der Waals surface area contributed by atoms with Gasteiger partial charge in [-0.25, -0.2) is 4.79 Å². The lowest BCUT2D eigenvalue weighted by Gasteiger charge is -1.90. The molecule has 0 aliphatic carbocycles. The fourth-order valence-electron chi connectivity index (χ4n) is 0.693. The zero-order valence-electron chi connectivity index (χ0n) is 5.51. The molecule has 0 aliphatic rings. The Balaban J connectivity index is 3.42. The molecule has 0 amide bonds. The molecule has 0 radical (unpaired) electrons. The van der Waals surface area contributed by atoms with Crippen molar-refractivity contribution in [2.75, 3.05) is 0 Å². The number of aldehydes is 1. The molecule has 1 N–H and O–H groups in total. The smallest absolute Gasteiger partial charge is 0.338 e. The highest BCUT2D eigenvalue weighted by Crippen LogP contribution is 2.35. The average molecular weight is 225 g/mol. The number of carbonyl (C=O) groups is 2. The van der Waals surface area contributed by atoms with Gasteiger partial charge in [0.1, 0.15) is 14.2 Å². The third-order valence-electron chi connectivity index (χ3n) is 1.19. The summed E-state index contributed by atoms with van der Waals surface area (Å²) in [6.07, 6.45) is 0.383. The van der Waals surface area contributed by atoms with E-state index in [9.17, 15) is 9.59 Å². The highest BCUT2D eigenvalue weighted by Gasteiger charge is 2.20. The number of carboxylic acids is 1. The van der Waals surface area contributed by atoms with Gasteiger partial charge in [-0.3, -0.25) is 4.79 Å². The van der Waals surface area contributed by atoms with Crippen LogP contribution >= 0.6 is 34.5 Å². The van der Waals surface area contributed by atoms with Gasteiger partial charge in [0.2, 0.25) is 0 Å². The van der Waals surface area contributed by atoms with Gasteiger partial charge < -0.3 is 5.11 Å². The number of carbonyl (C=O) groups excluding carboxylic acids is 1. The minimum atomic E-state index is -1.25. The Morgan fingerprint density at radius 1 is 1.42 bits per heavy atom. The molecule has 0 spiro atoms. The van der Waals surface area contributed by atoms with Gasteiger partial charge in [-0.05, 0) is 0 Å². The molecule has 64 valence electrons. The van der Waals surface area contributed by atoms with E-state index in [0.717, 1.165) is 11.3 Å². The van der Waals surface area contributed by atoms with Crippen LogP contribution in [0.3, 0.4) is 0 Å². The summed E-state index contributed by atoms with van der Waals surface area (Å²) in [5.41, 5.74) is -0.277. The van der Waals surface area contributed by atoms with Crippen molar-refractivity contribution in [2.24, 2.45) is 0 Å². The molecule has 1 aromatic heterocycles. The zero-order valence-corrected chi connectivity index (χ0v) is 7.83. The Kier molecular flexibility index (Phi) is 2.72. The van der Waals surface area contributed by atoms with Crippen LogP contribution in [0.1, 0.15) is 20.7 Å². The molecule has 1 heterocycles. The molecule has 0 bridgehead atoms. The van der Waals surface area contributed by atoms with Crippen LogP contribution in [0.4, 0.5) is 0 Å². The Morgan fingerprint density at radius 2 is 2.00 bits per heavy atom. The molecule has 0 fully saturated rings. The van der Waals surface area contributed by atoms with Crippen LogP contribution in [0.2, 0.25) is 8.67 Å². The topological polar surface area (TPSA) is 54.4 Å². The van der Waals surface area contributed by atoms with E-state index in [1.54, 1.807) is 0 Å². The first kappa shape index (κ1) is 9.51. The van der Waals surface area contributed by atoms with Crippen molar-refractivity contribution >= 4 is 46.8 Å². The van der Waals surface area contributed by atoms with E-state index >= 15 is 0 Å². The van der Waals surface area contributed by atoms with Gasteiger partial charge in [-0.15, -0.1) is 11.3 Å². The molecule has 0 saturated heterocycles. The van der Waals surface area contributed by atoms with Crippen molar-refractivity contribution in [3.8, 4) is 0 Å². The van der Waals surface area contributed by atoms with Gasteiger partial charge in [0.15, 0.2) is 6.29 Å². The van der Waals surface area contributed by atoms with Crippen LogP contribution < -0.4 is 0 Å². The summed E-state index contributed by atoms with van der Waals surface area (Å²) in [4.78, 5) is 20.9. The third-order valence-corrected chi connectivity index (χ3v) is 2.83. The number of halogens is 2. The van der Waals surface area contributed by atoms with Gasteiger partial charge >= 0.3 is 5.97 Å². The molecular weight excluding hydrogens is 223 g/mol. The van der Waals surface area contributed by atoms with E-state index in [2.05, 4.69) is 0 Å². The Bertz CT molecular complexity index is 345. The number of thiophene rings is 1. The fraction of sp³-hybridized carbons (Fsp3) is 0. The third kappa shape index (κ3) is 1.46. The highest BCUT2D eigenvalue weighted by molar-refractivity contribution is 7.20. The molecule has 0 atom stereocenters. The normalized spacial score (nSPS) is 9.83. The van der Waals surface area contributed by atoms with Gasteiger partial charge in [0, 0.05) is 0 Å². The Labute approximate surface area is 81.5 Å². The van der Waals surface area contributed by atoms with Crippen LogP contribution in [0.25, 0.3) is 0 Å². The van der Waals surface area contributed by atoms with Crippen molar-refractivity contribution in [1.29, 1.82) is 0 Å². The molecule has 12 heavy (non-hydrogen) atoms. The molecule has 0 aliphatic heterocycles. The first-order chi connectivity index (χ1) is 5.57. The van der Waals surface area contributed by atoms with E-state index in [-0.39, 0.29) is 19.8 Å². The molecule has 0 unspecified atom stereocenters. The standard InChI is InChI=1S/C6H2Cl2O3S/c7-4-2(1-9)3(6(10)11)5(8)12-4/h1H,(H,10,11). The molecule has 1 aromatic rings. The summed E-state index contributed by atoms with van der Waals surface area (Å²) in [7, 11) is 0. The lowest BCUT2D eigenvalue weighted by atomic mass is 10.2. The average Bonchev–Trinajstić information content (AvgIpc) is 2.24. The maximum atomic E-state index is 10.5. The SMILES string of the molecule is O=Cc1c(Cl)sc(Cl)c1C(=O)O. The second-order valence-electron chi connectivity index (χ2n) is 1.86. The summed E-state index contributed by atoms with van der Waals surface area (Å²) in [6.45, 7) is 0. The van der Waals surface area contributed by atoms with Gasteiger partial charge in [0.05, 0.1) is 5.56 Å². The Hall–Kier alpha value is -0.580. The van der Waals surface area contributed by atoms with E-state index in [1.165, 1.54) is 0 Å². The van der Waals surface area contributed by atoms with Crippen LogP contribution in [0, 0.1) is 0 Å². The van der Waals surface area contributed by atoms with Gasteiger partial charge in [-0.1, -0.05) is 23.2 Å². The monoisotopic (exact) mass is 224 g/mol. The lowest BCUT2D eigenvalue weighted by molar-refractivity contribution is 0.0695. The first-order valence-corrected chi connectivity index (χ1v) is 4.31. The molecule has 3 nitrogen and oxygen atoms in total. The van der Waals surface area contributed by atoms with Crippen molar-refractivity contribution in [1.82, 2.24) is 0 Å². The van der Waals surface area contributed by atoms with Crippen LogP contribution in [0.5, 0.6) is 0 Å². The van der Waals surface area contributed by atoms with Gasteiger partial charge in [0.25, 0.3) is 0 Å². The first-order valence-electron chi connectivity index (χ1n) is 2.74. The minimum absolute atomic E-state index is 0.0228. The van der Waals surface area contributed by atoms with E-state index < -0.39 is 5.97 Å². The number of hydrogen-bond acceptors (Lipinski definition) is 3. The molecule has 0 aromatic carbocycles. The van der Waals surface area contributed by atoms with E-state index in [4.69, 9.17) is 28.3 Å². The minimum Gasteiger partial charge on any atom is -0.478 e. The van der Waals surface area contributed by atoms with Crippen LogP contribution in [0.15, 0.2) is 0 Å². The summed E-state index contributed by atoms with van der Waals surface area (Å²) >= 11 is 11.9. The highest BCUT2D eigenvalue weighted by atomic mass is 35.5. The van der Waals surface area contributed by atoms with Crippen molar-refractivity contribution in [2.45, 2.75) is 0 Å². The fourth-order valence-corrected chi connectivity index (χ4v) is 2.31. The summed E-state index contributed by atoms with van der Waals surface area (Å²) < 4.78 is 0.127.